The van der Waals surface area contributed by atoms with Crippen LogP contribution >= 0.6 is 11.3 Å². The van der Waals surface area contributed by atoms with Gasteiger partial charge in [0.25, 0.3) is 5.69 Å². The van der Waals surface area contributed by atoms with Gasteiger partial charge in [0.1, 0.15) is 5.69 Å². The molecule has 1 aromatic heterocycles. The van der Waals surface area contributed by atoms with E-state index in [1.54, 1.807) is 30.5 Å². The minimum absolute atomic E-state index is 0.105. The number of nitro groups is 1. The van der Waals surface area contributed by atoms with Crippen molar-refractivity contribution in [2.75, 3.05) is 19.4 Å². The third-order valence-electron chi connectivity index (χ3n) is 3.08. The summed E-state index contributed by atoms with van der Waals surface area (Å²) in [6.07, 6.45) is 0. The molecule has 0 fully saturated rings. The van der Waals surface area contributed by atoms with Crippen molar-refractivity contribution in [2.24, 2.45) is 0 Å². The minimum Gasteiger partial charge on any atom is -0.383 e. The Hall–Kier alpha value is -1.99. The Kier molecular flexibility index (Phi) is 4.87. The summed E-state index contributed by atoms with van der Waals surface area (Å²) in [6, 6.07) is 5.27. The van der Waals surface area contributed by atoms with Crippen LogP contribution in [0.3, 0.4) is 0 Å². The van der Waals surface area contributed by atoms with Gasteiger partial charge in [-0.15, -0.1) is 11.3 Å². The van der Waals surface area contributed by atoms with Crippen molar-refractivity contribution in [2.45, 2.75) is 20.0 Å². The molecule has 0 atom stereocenters. The van der Waals surface area contributed by atoms with Gasteiger partial charge in [0, 0.05) is 31.6 Å². The first-order chi connectivity index (χ1) is 9.99. The Labute approximate surface area is 127 Å². The highest BCUT2D eigenvalue weighted by Gasteiger charge is 2.14. The number of nitro benzene ring substituents is 1. The second-order valence-electron chi connectivity index (χ2n) is 4.89. The summed E-state index contributed by atoms with van der Waals surface area (Å²) in [6.45, 7) is 3.35. The zero-order valence-electron chi connectivity index (χ0n) is 12.3. The molecule has 1 heterocycles. The summed E-state index contributed by atoms with van der Waals surface area (Å²) in [5.41, 5.74) is 2.57. The van der Waals surface area contributed by atoms with Crippen molar-refractivity contribution in [3.8, 4) is 0 Å². The molecule has 0 bridgehead atoms. The third kappa shape index (κ3) is 3.99. The normalized spacial score (nSPS) is 10.9. The van der Waals surface area contributed by atoms with E-state index in [-0.39, 0.29) is 10.6 Å². The molecule has 0 unspecified atom stereocenters. The van der Waals surface area contributed by atoms with Crippen LogP contribution in [0.15, 0.2) is 23.6 Å². The average molecular weight is 306 g/mol. The predicted octanol–water partition coefficient (Wildman–Crippen LogP) is 3.03. The zero-order chi connectivity index (χ0) is 15.4. The lowest BCUT2D eigenvalue weighted by Gasteiger charge is -2.15. The monoisotopic (exact) mass is 306 g/mol. The molecule has 0 spiro atoms. The Morgan fingerprint density at radius 2 is 2.19 bits per heavy atom. The number of aryl methyl sites for hydroxylation is 1. The lowest BCUT2D eigenvalue weighted by Crippen LogP contribution is -2.17. The number of aromatic nitrogens is 1. The lowest BCUT2D eigenvalue weighted by molar-refractivity contribution is -0.384. The van der Waals surface area contributed by atoms with Crippen molar-refractivity contribution in [1.82, 2.24) is 9.88 Å². The molecule has 0 aliphatic carbocycles. The highest BCUT2D eigenvalue weighted by Crippen LogP contribution is 2.25. The predicted molar refractivity (Wildman–Crippen MR) is 84.7 cm³/mol. The molecule has 0 saturated heterocycles. The Bertz CT molecular complexity index is 642. The van der Waals surface area contributed by atoms with Crippen LogP contribution in [0.4, 0.5) is 11.4 Å². The molecule has 1 N–H and O–H groups in total. The van der Waals surface area contributed by atoms with E-state index >= 15 is 0 Å². The Morgan fingerprint density at radius 3 is 2.76 bits per heavy atom. The summed E-state index contributed by atoms with van der Waals surface area (Å²) in [4.78, 5) is 17.2. The van der Waals surface area contributed by atoms with Gasteiger partial charge in [-0.25, -0.2) is 4.98 Å². The molecule has 0 amide bonds. The quantitative estimate of drug-likeness (QED) is 0.656. The van der Waals surface area contributed by atoms with Crippen molar-refractivity contribution in [1.29, 1.82) is 0 Å². The minimum atomic E-state index is -0.362. The Morgan fingerprint density at radius 1 is 1.43 bits per heavy atom. The molecule has 1 aromatic carbocycles. The number of hydrogen-bond donors (Lipinski definition) is 1. The summed E-state index contributed by atoms with van der Waals surface area (Å²) in [5, 5.41) is 17.0. The van der Waals surface area contributed by atoms with Crippen molar-refractivity contribution in [3.05, 3.63) is 50.0 Å². The molecule has 0 aliphatic rings. The zero-order valence-corrected chi connectivity index (χ0v) is 13.1. The fraction of sp³-hybridized carbons (Fsp3) is 0.357. The summed E-state index contributed by atoms with van der Waals surface area (Å²) in [5.74, 6) is 0. The van der Waals surface area contributed by atoms with Crippen LogP contribution in [-0.4, -0.2) is 28.9 Å². The second-order valence-corrected chi connectivity index (χ2v) is 5.95. The van der Waals surface area contributed by atoms with Crippen LogP contribution < -0.4 is 5.32 Å². The fourth-order valence-electron chi connectivity index (χ4n) is 2.16. The van der Waals surface area contributed by atoms with Crippen LogP contribution in [0, 0.1) is 17.0 Å². The number of anilines is 1. The molecule has 112 valence electrons. The molecule has 0 aliphatic heterocycles. The molecule has 21 heavy (non-hydrogen) atoms. The third-order valence-corrected chi connectivity index (χ3v) is 3.90. The van der Waals surface area contributed by atoms with Crippen LogP contribution in [0.1, 0.15) is 16.3 Å². The largest absolute Gasteiger partial charge is 0.383 e. The highest BCUT2D eigenvalue weighted by atomic mass is 32.1. The first-order valence-electron chi connectivity index (χ1n) is 6.54. The van der Waals surface area contributed by atoms with Crippen molar-refractivity contribution in [3.63, 3.8) is 0 Å². The van der Waals surface area contributed by atoms with Gasteiger partial charge in [-0.3, -0.25) is 15.0 Å². The fourth-order valence-corrected chi connectivity index (χ4v) is 2.77. The van der Waals surface area contributed by atoms with E-state index in [2.05, 4.69) is 15.2 Å². The number of hydrogen-bond acceptors (Lipinski definition) is 6. The number of nitrogens with one attached hydrogen (secondary N) is 1. The highest BCUT2D eigenvalue weighted by molar-refractivity contribution is 7.09. The maximum Gasteiger partial charge on any atom is 0.292 e. The molecule has 0 saturated carbocycles. The smallest absolute Gasteiger partial charge is 0.292 e. The maximum absolute atomic E-state index is 11.1. The van der Waals surface area contributed by atoms with E-state index in [1.807, 2.05) is 25.4 Å². The number of nitrogens with zero attached hydrogens (tertiary/aromatic N) is 3. The van der Waals surface area contributed by atoms with Gasteiger partial charge in [0.15, 0.2) is 0 Å². The van der Waals surface area contributed by atoms with Crippen molar-refractivity contribution < 1.29 is 4.92 Å². The maximum atomic E-state index is 11.1. The van der Waals surface area contributed by atoms with E-state index < -0.39 is 0 Å². The van der Waals surface area contributed by atoms with Gasteiger partial charge in [0.2, 0.25) is 0 Å². The van der Waals surface area contributed by atoms with Crippen LogP contribution in [0.25, 0.3) is 0 Å². The van der Waals surface area contributed by atoms with Gasteiger partial charge in [0.05, 0.1) is 15.6 Å². The molecule has 7 heteroatoms. The molecule has 0 radical (unpaired) electrons. The topological polar surface area (TPSA) is 71.3 Å². The van der Waals surface area contributed by atoms with Crippen molar-refractivity contribution >= 4 is 22.7 Å². The molecular formula is C14H18N4O2S. The lowest BCUT2D eigenvalue weighted by atomic mass is 10.1. The molecular weight excluding hydrogens is 288 g/mol. The van der Waals surface area contributed by atoms with Crippen LogP contribution in [0.2, 0.25) is 0 Å². The van der Waals surface area contributed by atoms with Gasteiger partial charge in [-0.2, -0.15) is 0 Å². The SMILES string of the molecule is CNc1ccc(CN(C)Cc2csc(C)n2)cc1[N+](=O)[O-]. The van der Waals surface area contributed by atoms with E-state index in [4.69, 9.17) is 0 Å². The van der Waals surface area contributed by atoms with E-state index in [9.17, 15) is 10.1 Å². The second kappa shape index (κ2) is 6.64. The summed E-state index contributed by atoms with van der Waals surface area (Å²) < 4.78 is 0. The number of rotatable bonds is 6. The molecule has 6 nitrogen and oxygen atoms in total. The first-order valence-corrected chi connectivity index (χ1v) is 7.42. The van der Waals surface area contributed by atoms with Gasteiger partial charge >= 0.3 is 0 Å². The summed E-state index contributed by atoms with van der Waals surface area (Å²) in [7, 11) is 3.66. The standard InChI is InChI=1S/C14H18N4O2S/c1-10-16-12(9-21-10)8-17(3)7-11-4-5-13(15-2)14(6-11)18(19)20/h4-6,9,15H,7-8H2,1-3H3. The van der Waals surface area contributed by atoms with Gasteiger partial charge in [-0.05, 0) is 25.6 Å². The average Bonchev–Trinajstić information content (AvgIpc) is 2.83. The first kappa shape index (κ1) is 15.4. The number of benzene rings is 1. The van der Waals surface area contributed by atoms with E-state index in [0.717, 1.165) is 22.8 Å². The molecule has 2 rings (SSSR count). The number of thiazole rings is 1. The molecule has 2 aromatic rings. The Balaban J connectivity index is 2.08. The summed E-state index contributed by atoms with van der Waals surface area (Å²) >= 11 is 1.63. The van der Waals surface area contributed by atoms with Gasteiger partial charge in [-0.1, -0.05) is 6.07 Å². The van der Waals surface area contributed by atoms with Crippen LogP contribution in [0.5, 0.6) is 0 Å². The van der Waals surface area contributed by atoms with Gasteiger partial charge < -0.3 is 5.32 Å². The van der Waals surface area contributed by atoms with Crippen LogP contribution in [-0.2, 0) is 13.1 Å². The van der Waals surface area contributed by atoms with E-state index in [0.29, 0.717) is 12.2 Å². The van der Waals surface area contributed by atoms with E-state index in [1.165, 1.54) is 0 Å².